The van der Waals surface area contributed by atoms with Crippen LogP contribution in [0.2, 0.25) is 5.02 Å². The third-order valence-electron chi connectivity index (χ3n) is 3.76. The Balaban J connectivity index is 1.71. The standard InChI is InChI=1S/C17H14ClN3O6/c1-9(22)11-5-15-16(27-8-26-15)6-13(11)20-17(23)7-19-10-2-3-12(18)14(4-10)21(24)25/h2-6,19H,7-8H2,1H3,(H,20,23). The molecule has 140 valence electrons. The van der Waals surface area contributed by atoms with Crippen LogP contribution in [-0.2, 0) is 4.79 Å². The summed E-state index contributed by atoms with van der Waals surface area (Å²) in [6, 6.07) is 7.15. The summed E-state index contributed by atoms with van der Waals surface area (Å²) in [6.45, 7) is 1.24. The van der Waals surface area contributed by atoms with E-state index in [0.29, 0.717) is 22.9 Å². The van der Waals surface area contributed by atoms with Gasteiger partial charge in [0.15, 0.2) is 17.3 Å². The Labute approximate surface area is 158 Å². The predicted molar refractivity (Wildman–Crippen MR) is 97.8 cm³/mol. The number of nitrogens with one attached hydrogen (secondary N) is 2. The summed E-state index contributed by atoms with van der Waals surface area (Å²) < 4.78 is 10.5. The number of amides is 1. The average molecular weight is 392 g/mol. The molecule has 0 aliphatic carbocycles. The monoisotopic (exact) mass is 391 g/mol. The maximum absolute atomic E-state index is 12.2. The minimum Gasteiger partial charge on any atom is -0.454 e. The van der Waals surface area contributed by atoms with E-state index in [4.69, 9.17) is 21.1 Å². The van der Waals surface area contributed by atoms with Gasteiger partial charge < -0.3 is 20.1 Å². The van der Waals surface area contributed by atoms with Crippen LogP contribution in [0.4, 0.5) is 17.1 Å². The van der Waals surface area contributed by atoms with Crippen molar-refractivity contribution in [3.63, 3.8) is 0 Å². The lowest BCUT2D eigenvalue weighted by Gasteiger charge is -2.11. The van der Waals surface area contributed by atoms with E-state index in [9.17, 15) is 19.7 Å². The Morgan fingerprint density at radius 3 is 2.59 bits per heavy atom. The molecular weight excluding hydrogens is 378 g/mol. The number of ketones is 1. The molecule has 2 N–H and O–H groups in total. The van der Waals surface area contributed by atoms with Crippen LogP contribution in [0.15, 0.2) is 30.3 Å². The zero-order chi connectivity index (χ0) is 19.6. The second kappa shape index (κ2) is 7.50. The Morgan fingerprint density at radius 1 is 1.22 bits per heavy atom. The molecule has 0 aromatic heterocycles. The summed E-state index contributed by atoms with van der Waals surface area (Å²) in [4.78, 5) is 34.3. The minimum absolute atomic E-state index is 0.00135. The van der Waals surface area contributed by atoms with Crippen LogP contribution in [0.3, 0.4) is 0 Å². The smallest absolute Gasteiger partial charge is 0.289 e. The van der Waals surface area contributed by atoms with Crippen molar-refractivity contribution in [1.29, 1.82) is 0 Å². The summed E-state index contributed by atoms with van der Waals surface area (Å²) in [6.07, 6.45) is 0. The van der Waals surface area contributed by atoms with Crippen molar-refractivity contribution in [1.82, 2.24) is 0 Å². The first-order chi connectivity index (χ1) is 12.8. The van der Waals surface area contributed by atoms with E-state index < -0.39 is 10.8 Å². The van der Waals surface area contributed by atoms with E-state index in [0.717, 1.165) is 0 Å². The fraction of sp³-hybridized carbons (Fsp3) is 0.176. The molecular formula is C17H14ClN3O6. The highest BCUT2D eigenvalue weighted by Gasteiger charge is 2.20. The zero-order valence-corrected chi connectivity index (χ0v) is 14.8. The van der Waals surface area contributed by atoms with Gasteiger partial charge in [-0.05, 0) is 25.1 Å². The van der Waals surface area contributed by atoms with Gasteiger partial charge >= 0.3 is 0 Å². The van der Waals surface area contributed by atoms with Crippen molar-refractivity contribution >= 4 is 40.4 Å². The number of carbonyl (C=O) groups excluding carboxylic acids is 2. The number of nitrogens with zero attached hydrogens (tertiary/aromatic N) is 1. The van der Waals surface area contributed by atoms with Crippen molar-refractivity contribution in [2.75, 3.05) is 24.0 Å². The zero-order valence-electron chi connectivity index (χ0n) is 14.1. The molecule has 0 bridgehead atoms. The number of rotatable bonds is 6. The molecule has 2 aromatic rings. The molecule has 3 rings (SSSR count). The van der Waals surface area contributed by atoms with Gasteiger partial charge in [-0.25, -0.2) is 0 Å². The van der Waals surface area contributed by atoms with Gasteiger partial charge in [0.1, 0.15) is 5.02 Å². The summed E-state index contributed by atoms with van der Waals surface area (Å²) in [7, 11) is 0. The van der Waals surface area contributed by atoms with Gasteiger partial charge in [-0.1, -0.05) is 11.6 Å². The number of fused-ring (bicyclic) bond motifs is 1. The van der Waals surface area contributed by atoms with Gasteiger partial charge in [-0.3, -0.25) is 19.7 Å². The first kappa shape index (κ1) is 18.5. The topological polar surface area (TPSA) is 120 Å². The third-order valence-corrected chi connectivity index (χ3v) is 4.08. The van der Waals surface area contributed by atoms with Crippen LogP contribution >= 0.6 is 11.6 Å². The van der Waals surface area contributed by atoms with Crippen molar-refractivity contribution in [2.45, 2.75) is 6.92 Å². The fourth-order valence-electron chi connectivity index (χ4n) is 2.48. The number of nitro benzene ring substituents is 1. The van der Waals surface area contributed by atoms with Crippen molar-refractivity contribution in [3.8, 4) is 11.5 Å². The molecule has 0 saturated carbocycles. The fourth-order valence-corrected chi connectivity index (χ4v) is 2.66. The Hall–Kier alpha value is -3.33. The molecule has 1 heterocycles. The number of hydrogen-bond acceptors (Lipinski definition) is 7. The van der Waals surface area contributed by atoms with Crippen molar-refractivity contribution < 1.29 is 24.0 Å². The van der Waals surface area contributed by atoms with E-state index >= 15 is 0 Å². The number of Topliss-reactive ketones (excluding diaryl/α,β-unsaturated/α-hetero) is 1. The summed E-state index contributed by atoms with van der Waals surface area (Å²) in [5, 5.41) is 16.3. The molecule has 27 heavy (non-hydrogen) atoms. The molecule has 1 aliphatic heterocycles. The lowest BCUT2D eigenvalue weighted by Crippen LogP contribution is -2.22. The van der Waals surface area contributed by atoms with Crippen LogP contribution in [0.5, 0.6) is 11.5 Å². The second-order valence-corrected chi connectivity index (χ2v) is 6.04. The largest absolute Gasteiger partial charge is 0.454 e. The molecule has 1 amide bonds. The maximum atomic E-state index is 12.2. The predicted octanol–water partition coefficient (Wildman–Crippen LogP) is 3.23. The highest BCUT2D eigenvalue weighted by Crippen LogP contribution is 2.37. The molecule has 0 radical (unpaired) electrons. The maximum Gasteiger partial charge on any atom is 0.289 e. The van der Waals surface area contributed by atoms with E-state index in [1.807, 2.05) is 0 Å². The molecule has 2 aromatic carbocycles. The quantitative estimate of drug-likeness (QED) is 0.440. The van der Waals surface area contributed by atoms with Crippen LogP contribution < -0.4 is 20.1 Å². The number of halogens is 1. The Morgan fingerprint density at radius 2 is 1.93 bits per heavy atom. The van der Waals surface area contributed by atoms with Crippen LogP contribution in [0, 0.1) is 10.1 Å². The van der Waals surface area contributed by atoms with Gasteiger partial charge in [0.25, 0.3) is 5.69 Å². The summed E-state index contributed by atoms with van der Waals surface area (Å²) in [5.41, 5.74) is 0.672. The molecule has 0 saturated heterocycles. The van der Waals surface area contributed by atoms with Crippen molar-refractivity contribution in [3.05, 3.63) is 51.0 Å². The molecule has 0 unspecified atom stereocenters. The van der Waals surface area contributed by atoms with E-state index in [2.05, 4.69) is 10.6 Å². The van der Waals surface area contributed by atoms with Gasteiger partial charge in [0, 0.05) is 23.4 Å². The van der Waals surface area contributed by atoms with E-state index in [1.165, 1.54) is 37.3 Å². The number of ether oxygens (including phenoxy) is 2. The molecule has 0 spiro atoms. The number of hydrogen-bond donors (Lipinski definition) is 2. The van der Waals surface area contributed by atoms with Gasteiger partial charge in [0.2, 0.25) is 12.7 Å². The van der Waals surface area contributed by atoms with Crippen LogP contribution in [-0.4, -0.2) is 30.0 Å². The lowest BCUT2D eigenvalue weighted by atomic mass is 10.1. The molecule has 0 fully saturated rings. The van der Waals surface area contributed by atoms with Gasteiger partial charge in [-0.15, -0.1) is 0 Å². The lowest BCUT2D eigenvalue weighted by molar-refractivity contribution is -0.384. The number of benzene rings is 2. The Bertz CT molecular complexity index is 947. The number of nitro groups is 1. The minimum atomic E-state index is -0.612. The Kier molecular flexibility index (Phi) is 5.13. The van der Waals surface area contributed by atoms with Crippen molar-refractivity contribution in [2.24, 2.45) is 0 Å². The van der Waals surface area contributed by atoms with E-state index in [-0.39, 0.29) is 35.4 Å². The van der Waals surface area contributed by atoms with Gasteiger partial charge in [0.05, 0.1) is 17.2 Å². The SMILES string of the molecule is CC(=O)c1cc2c(cc1NC(=O)CNc1ccc(Cl)c([N+](=O)[O-])c1)OCO2. The van der Waals surface area contributed by atoms with Gasteiger partial charge in [-0.2, -0.15) is 0 Å². The summed E-state index contributed by atoms with van der Waals surface area (Å²) >= 11 is 5.75. The average Bonchev–Trinajstić information content (AvgIpc) is 3.07. The molecule has 10 heteroatoms. The normalized spacial score (nSPS) is 11.8. The molecule has 1 aliphatic rings. The highest BCUT2D eigenvalue weighted by molar-refractivity contribution is 6.32. The second-order valence-electron chi connectivity index (χ2n) is 5.63. The highest BCUT2D eigenvalue weighted by atomic mass is 35.5. The molecule has 9 nitrogen and oxygen atoms in total. The third kappa shape index (κ3) is 4.09. The number of carbonyl (C=O) groups is 2. The van der Waals surface area contributed by atoms with Crippen LogP contribution in [0.1, 0.15) is 17.3 Å². The van der Waals surface area contributed by atoms with E-state index in [1.54, 1.807) is 0 Å². The molecule has 0 atom stereocenters. The summed E-state index contributed by atoms with van der Waals surface area (Å²) in [5.74, 6) is 0.167. The number of anilines is 2. The van der Waals surface area contributed by atoms with Crippen LogP contribution in [0.25, 0.3) is 0 Å². The first-order valence-electron chi connectivity index (χ1n) is 7.77. The first-order valence-corrected chi connectivity index (χ1v) is 8.15.